The Morgan fingerprint density at radius 2 is 1.91 bits per heavy atom. The number of ketones is 1. The SMILES string of the molecule is CC(C)CN1CC=C(c2cn(N)c3ccc(C(=O)c4cccc(OC(F)(F)F)c4)cc23)CC1. The second-order valence-electron chi connectivity index (χ2n) is 8.72. The monoisotopic (exact) mass is 457 g/mol. The lowest BCUT2D eigenvalue weighted by Gasteiger charge is -2.27. The molecule has 174 valence electrons. The first kappa shape index (κ1) is 22.9. The number of carbonyl (C=O) groups excluding carboxylic acids is 1. The summed E-state index contributed by atoms with van der Waals surface area (Å²) in [6.07, 6.45) is 0.118. The Hall–Kier alpha value is -3.26. The van der Waals surface area contributed by atoms with Crippen molar-refractivity contribution in [1.82, 2.24) is 9.58 Å². The van der Waals surface area contributed by atoms with Gasteiger partial charge in [0, 0.05) is 47.9 Å². The van der Waals surface area contributed by atoms with E-state index in [-0.39, 0.29) is 11.3 Å². The number of hydrogen-bond acceptors (Lipinski definition) is 4. The zero-order chi connectivity index (χ0) is 23.8. The highest BCUT2D eigenvalue weighted by atomic mass is 19.4. The first-order valence-electron chi connectivity index (χ1n) is 10.8. The fourth-order valence-electron chi connectivity index (χ4n) is 4.29. The molecule has 2 N–H and O–H groups in total. The van der Waals surface area contributed by atoms with Gasteiger partial charge in [-0.2, -0.15) is 0 Å². The summed E-state index contributed by atoms with van der Waals surface area (Å²) in [7, 11) is 0. The quantitative estimate of drug-likeness (QED) is 0.407. The number of aromatic nitrogens is 1. The number of hydrogen-bond donors (Lipinski definition) is 1. The molecule has 1 aromatic heterocycles. The summed E-state index contributed by atoms with van der Waals surface area (Å²) >= 11 is 0. The van der Waals surface area contributed by atoms with Crippen molar-refractivity contribution in [3.05, 3.63) is 71.4 Å². The number of nitrogens with zero attached hydrogens (tertiary/aromatic N) is 2. The summed E-state index contributed by atoms with van der Waals surface area (Å²) in [6.45, 7) is 7.24. The fourth-order valence-corrected chi connectivity index (χ4v) is 4.29. The molecule has 0 amide bonds. The summed E-state index contributed by atoms with van der Waals surface area (Å²) in [5, 5.41) is 0.842. The first-order chi connectivity index (χ1) is 15.6. The average Bonchev–Trinajstić information content (AvgIpc) is 3.08. The van der Waals surface area contributed by atoms with Crippen LogP contribution in [0.15, 0.2) is 54.7 Å². The Bertz CT molecular complexity index is 1210. The van der Waals surface area contributed by atoms with Crippen LogP contribution in [-0.4, -0.2) is 41.4 Å². The van der Waals surface area contributed by atoms with E-state index in [2.05, 4.69) is 29.6 Å². The normalized spacial score (nSPS) is 15.2. The number of alkyl halides is 3. The third-order valence-corrected chi connectivity index (χ3v) is 5.69. The second-order valence-corrected chi connectivity index (χ2v) is 8.72. The van der Waals surface area contributed by atoms with Crippen LogP contribution in [-0.2, 0) is 0 Å². The Labute approximate surface area is 190 Å². The molecule has 5 nitrogen and oxygen atoms in total. The highest BCUT2D eigenvalue weighted by Gasteiger charge is 2.31. The Kier molecular flexibility index (Phi) is 6.21. The number of rotatable bonds is 6. The van der Waals surface area contributed by atoms with Crippen LogP contribution in [0.3, 0.4) is 0 Å². The molecule has 0 saturated heterocycles. The van der Waals surface area contributed by atoms with Crippen molar-refractivity contribution < 1.29 is 22.7 Å². The van der Waals surface area contributed by atoms with Crippen molar-refractivity contribution in [3.8, 4) is 5.75 Å². The molecule has 0 unspecified atom stereocenters. The van der Waals surface area contributed by atoms with Crippen LogP contribution in [0.25, 0.3) is 16.5 Å². The highest BCUT2D eigenvalue weighted by Crippen LogP contribution is 2.32. The van der Waals surface area contributed by atoms with Gasteiger partial charge in [-0.15, -0.1) is 13.2 Å². The van der Waals surface area contributed by atoms with Gasteiger partial charge in [0.05, 0.1) is 5.52 Å². The number of halogens is 3. The van der Waals surface area contributed by atoms with E-state index in [0.29, 0.717) is 11.5 Å². The van der Waals surface area contributed by atoms with Gasteiger partial charge in [-0.1, -0.05) is 32.1 Å². The summed E-state index contributed by atoms with van der Waals surface area (Å²) < 4.78 is 43.1. The number of nitrogen functional groups attached to an aromatic ring is 1. The van der Waals surface area contributed by atoms with Gasteiger partial charge in [0.1, 0.15) is 5.75 Å². The summed E-state index contributed by atoms with van der Waals surface area (Å²) in [4.78, 5) is 15.5. The maximum absolute atomic E-state index is 13.1. The molecule has 33 heavy (non-hydrogen) atoms. The van der Waals surface area contributed by atoms with Gasteiger partial charge in [-0.25, -0.2) is 0 Å². The van der Waals surface area contributed by atoms with Crippen LogP contribution in [0.4, 0.5) is 13.2 Å². The molecule has 0 saturated carbocycles. The lowest BCUT2D eigenvalue weighted by atomic mass is 9.96. The topological polar surface area (TPSA) is 60.5 Å². The molecule has 0 fully saturated rings. The molecular formula is C25H26F3N3O2. The number of ether oxygens (including phenoxy) is 1. The van der Waals surface area contributed by atoms with Gasteiger partial charge in [0.2, 0.25) is 0 Å². The van der Waals surface area contributed by atoms with Crippen LogP contribution in [0, 0.1) is 5.92 Å². The Morgan fingerprint density at radius 3 is 2.58 bits per heavy atom. The number of nitrogens with two attached hydrogens (primary N) is 1. The molecule has 1 aliphatic rings. The lowest BCUT2D eigenvalue weighted by molar-refractivity contribution is -0.274. The van der Waals surface area contributed by atoms with E-state index in [1.165, 1.54) is 22.4 Å². The van der Waals surface area contributed by atoms with E-state index in [9.17, 15) is 18.0 Å². The molecule has 8 heteroatoms. The van der Waals surface area contributed by atoms with Crippen molar-refractivity contribution in [2.75, 3.05) is 25.5 Å². The van der Waals surface area contributed by atoms with Crippen LogP contribution in [0.5, 0.6) is 5.75 Å². The van der Waals surface area contributed by atoms with Crippen molar-refractivity contribution >= 4 is 22.3 Å². The second kappa shape index (κ2) is 8.94. The van der Waals surface area contributed by atoms with Gasteiger partial charge in [0.15, 0.2) is 5.78 Å². The van der Waals surface area contributed by atoms with Crippen LogP contribution in [0.2, 0.25) is 0 Å². The summed E-state index contributed by atoms with van der Waals surface area (Å²) in [5.41, 5.74) is 3.42. The molecule has 0 spiro atoms. The maximum atomic E-state index is 13.1. The smallest absolute Gasteiger partial charge is 0.406 e. The lowest BCUT2D eigenvalue weighted by Crippen LogP contribution is -2.31. The van der Waals surface area contributed by atoms with Crippen LogP contribution >= 0.6 is 0 Å². The highest BCUT2D eigenvalue weighted by molar-refractivity contribution is 6.11. The minimum atomic E-state index is -4.82. The summed E-state index contributed by atoms with van der Waals surface area (Å²) in [5.74, 6) is 5.94. The Balaban J connectivity index is 1.64. The van der Waals surface area contributed by atoms with Gasteiger partial charge in [-0.3, -0.25) is 14.4 Å². The van der Waals surface area contributed by atoms with Crippen molar-refractivity contribution in [1.29, 1.82) is 0 Å². The molecule has 4 rings (SSSR count). The Morgan fingerprint density at radius 1 is 1.15 bits per heavy atom. The van der Waals surface area contributed by atoms with Gasteiger partial charge in [0.25, 0.3) is 0 Å². The predicted molar refractivity (Wildman–Crippen MR) is 123 cm³/mol. The molecule has 0 atom stereocenters. The van der Waals surface area contributed by atoms with E-state index in [4.69, 9.17) is 5.84 Å². The van der Waals surface area contributed by atoms with Crippen molar-refractivity contribution in [3.63, 3.8) is 0 Å². The first-order valence-corrected chi connectivity index (χ1v) is 10.8. The number of carbonyl (C=O) groups is 1. The molecule has 3 aromatic rings. The van der Waals surface area contributed by atoms with E-state index < -0.39 is 12.1 Å². The minimum absolute atomic E-state index is 0.117. The minimum Gasteiger partial charge on any atom is -0.406 e. The van der Waals surface area contributed by atoms with Crippen LogP contribution < -0.4 is 10.6 Å². The largest absolute Gasteiger partial charge is 0.573 e. The van der Waals surface area contributed by atoms with E-state index in [1.807, 2.05) is 6.20 Å². The molecule has 0 radical (unpaired) electrons. The maximum Gasteiger partial charge on any atom is 0.573 e. The average molecular weight is 457 g/mol. The number of fused-ring (bicyclic) bond motifs is 1. The molecule has 1 aliphatic heterocycles. The summed E-state index contributed by atoms with van der Waals surface area (Å²) in [6, 6.07) is 10.3. The molecule has 0 aliphatic carbocycles. The standard InChI is InChI=1S/C25H26F3N3O2/c1-16(2)14-30-10-8-17(9-11-30)22-15-31(29)23-7-6-19(13-21(22)23)24(32)18-4-3-5-20(12-18)33-25(26,27)28/h3-8,12-13,15-16H,9-11,14,29H2,1-2H3. The van der Waals surface area contributed by atoms with Crippen molar-refractivity contribution in [2.45, 2.75) is 26.6 Å². The fraction of sp³-hybridized carbons (Fsp3) is 0.320. The zero-order valence-electron chi connectivity index (χ0n) is 18.5. The van der Waals surface area contributed by atoms with Crippen molar-refractivity contribution in [2.24, 2.45) is 5.92 Å². The predicted octanol–water partition coefficient (Wildman–Crippen LogP) is 5.23. The third kappa shape index (κ3) is 5.22. The zero-order valence-corrected chi connectivity index (χ0v) is 18.5. The molecular weight excluding hydrogens is 431 g/mol. The van der Waals surface area contributed by atoms with E-state index in [0.717, 1.165) is 54.7 Å². The molecule has 0 bridgehead atoms. The molecule has 2 aromatic carbocycles. The van der Waals surface area contributed by atoms with E-state index in [1.54, 1.807) is 18.2 Å². The van der Waals surface area contributed by atoms with Gasteiger partial charge >= 0.3 is 6.36 Å². The third-order valence-electron chi connectivity index (χ3n) is 5.69. The van der Waals surface area contributed by atoms with E-state index >= 15 is 0 Å². The molecule has 2 heterocycles. The number of benzene rings is 2. The van der Waals surface area contributed by atoms with Crippen LogP contribution in [0.1, 0.15) is 41.8 Å². The van der Waals surface area contributed by atoms with Gasteiger partial charge < -0.3 is 10.6 Å². The van der Waals surface area contributed by atoms with Gasteiger partial charge in [-0.05, 0) is 48.2 Å².